The Balaban J connectivity index is 0.00000312. The van der Waals surface area contributed by atoms with Gasteiger partial charge in [-0.3, -0.25) is 0 Å². The molecular weight excluding hydrogens is 427 g/mol. The van der Waals surface area contributed by atoms with Gasteiger partial charge in [0.25, 0.3) is 0 Å². The Bertz CT molecular complexity index is 575. The second-order valence-corrected chi connectivity index (χ2v) is 7.00. The van der Waals surface area contributed by atoms with E-state index in [-0.39, 0.29) is 29.6 Å². The highest BCUT2D eigenvalue weighted by atomic mass is 127. The molecule has 5 nitrogen and oxygen atoms in total. The molecule has 0 bridgehead atoms. The van der Waals surface area contributed by atoms with Gasteiger partial charge in [0.05, 0.1) is 12.1 Å². The van der Waals surface area contributed by atoms with Gasteiger partial charge in [-0.1, -0.05) is 12.1 Å². The molecule has 2 N–H and O–H groups in total. The topological polar surface area (TPSA) is 48.9 Å². The Labute approximate surface area is 169 Å². The number of hydrogen-bond donors (Lipinski definition) is 2. The normalized spacial score (nSPS) is 14.6. The smallest absolute Gasteiger partial charge is 0.191 e. The van der Waals surface area contributed by atoms with Crippen molar-refractivity contribution in [2.24, 2.45) is 4.99 Å². The zero-order chi connectivity index (χ0) is 17.6. The Morgan fingerprint density at radius 2 is 2.08 bits per heavy atom. The van der Waals surface area contributed by atoms with E-state index in [0.717, 1.165) is 25.5 Å². The molecule has 0 saturated carbocycles. The molecular formula is C19H33IN4O. The van der Waals surface area contributed by atoms with Crippen LogP contribution >= 0.6 is 24.0 Å². The third-order valence-electron chi connectivity index (χ3n) is 4.49. The number of nitrogens with one attached hydrogen (secondary N) is 2. The Morgan fingerprint density at radius 3 is 2.76 bits per heavy atom. The number of ether oxygens (including phenoxy) is 1. The van der Waals surface area contributed by atoms with Gasteiger partial charge in [0.15, 0.2) is 5.96 Å². The van der Waals surface area contributed by atoms with Crippen LogP contribution < -0.4 is 15.5 Å². The monoisotopic (exact) mass is 460 g/mol. The van der Waals surface area contributed by atoms with E-state index >= 15 is 0 Å². The minimum atomic E-state index is -0.216. The van der Waals surface area contributed by atoms with E-state index < -0.39 is 0 Å². The molecule has 1 aliphatic heterocycles. The van der Waals surface area contributed by atoms with Gasteiger partial charge in [-0.05, 0) is 50.8 Å². The van der Waals surface area contributed by atoms with Crippen LogP contribution in [0.15, 0.2) is 23.2 Å². The number of guanidine groups is 1. The lowest BCUT2D eigenvalue weighted by atomic mass is 10.00. The highest BCUT2D eigenvalue weighted by molar-refractivity contribution is 14.0. The summed E-state index contributed by atoms with van der Waals surface area (Å²) >= 11 is 0. The third kappa shape index (κ3) is 6.66. The van der Waals surface area contributed by atoms with Gasteiger partial charge < -0.3 is 20.3 Å². The number of aryl methyl sites for hydroxylation is 1. The number of hydrogen-bond acceptors (Lipinski definition) is 3. The average molecular weight is 460 g/mol. The lowest BCUT2D eigenvalue weighted by molar-refractivity contribution is 0.0268. The van der Waals surface area contributed by atoms with Gasteiger partial charge >= 0.3 is 0 Å². The van der Waals surface area contributed by atoms with Gasteiger partial charge in [-0.25, -0.2) is 4.99 Å². The summed E-state index contributed by atoms with van der Waals surface area (Å²) in [6.07, 6.45) is 2.39. The maximum Gasteiger partial charge on any atom is 0.191 e. The first kappa shape index (κ1) is 22.0. The fraction of sp³-hybridized carbons (Fsp3) is 0.632. The number of fused-ring (bicyclic) bond motifs is 1. The third-order valence-corrected chi connectivity index (χ3v) is 4.49. The first-order valence-corrected chi connectivity index (χ1v) is 8.85. The summed E-state index contributed by atoms with van der Waals surface area (Å²) in [6.45, 7) is 9.58. The summed E-state index contributed by atoms with van der Waals surface area (Å²) in [5.41, 5.74) is 3.84. The largest absolute Gasteiger partial charge is 0.377 e. The van der Waals surface area contributed by atoms with Crippen molar-refractivity contribution >= 4 is 35.6 Å². The number of benzene rings is 1. The molecule has 0 spiro atoms. The SMILES string of the molecule is CCNC(=NCc1ccc2c(c1)CCCN2C)NCC(C)(C)OC.I. The number of aliphatic imine (C=N–C) groups is 1. The first-order chi connectivity index (χ1) is 11.4. The zero-order valence-corrected chi connectivity index (χ0v) is 18.5. The molecule has 0 atom stereocenters. The number of rotatable bonds is 6. The van der Waals surface area contributed by atoms with Crippen molar-refractivity contribution in [1.82, 2.24) is 10.6 Å². The summed E-state index contributed by atoms with van der Waals surface area (Å²) in [5, 5.41) is 6.65. The Kier molecular flexibility index (Phi) is 8.99. The molecule has 0 aliphatic carbocycles. The lowest BCUT2D eigenvalue weighted by Crippen LogP contribution is -2.45. The van der Waals surface area contributed by atoms with Crippen molar-refractivity contribution in [3.63, 3.8) is 0 Å². The minimum Gasteiger partial charge on any atom is -0.377 e. The molecule has 0 fully saturated rings. The number of anilines is 1. The van der Waals surface area contributed by atoms with Crippen molar-refractivity contribution in [2.45, 2.75) is 45.8 Å². The van der Waals surface area contributed by atoms with E-state index in [1.54, 1.807) is 7.11 Å². The average Bonchev–Trinajstić information content (AvgIpc) is 2.57. The zero-order valence-electron chi connectivity index (χ0n) is 16.2. The van der Waals surface area contributed by atoms with E-state index in [2.05, 4.69) is 61.6 Å². The van der Waals surface area contributed by atoms with Crippen LogP contribution in [0, 0.1) is 0 Å². The molecule has 1 aromatic rings. The van der Waals surface area contributed by atoms with Crippen LogP contribution in [0.1, 0.15) is 38.3 Å². The molecule has 1 aromatic carbocycles. The highest BCUT2D eigenvalue weighted by Crippen LogP contribution is 2.26. The van der Waals surface area contributed by atoms with Gasteiger partial charge in [0, 0.05) is 39.5 Å². The van der Waals surface area contributed by atoms with E-state index in [0.29, 0.717) is 13.1 Å². The maximum absolute atomic E-state index is 5.45. The van der Waals surface area contributed by atoms with Gasteiger partial charge in [-0.15, -0.1) is 24.0 Å². The molecule has 0 amide bonds. The molecule has 0 unspecified atom stereocenters. The van der Waals surface area contributed by atoms with Crippen molar-refractivity contribution in [1.29, 1.82) is 0 Å². The lowest BCUT2D eigenvalue weighted by Gasteiger charge is -2.27. The molecule has 142 valence electrons. The second-order valence-electron chi connectivity index (χ2n) is 7.00. The second kappa shape index (κ2) is 10.2. The van der Waals surface area contributed by atoms with Gasteiger partial charge in [0.2, 0.25) is 0 Å². The van der Waals surface area contributed by atoms with Crippen molar-refractivity contribution in [2.75, 3.05) is 38.7 Å². The van der Waals surface area contributed by atoms with Crippen LogP contribution in [0.3, 0.4) is 0 Å². The van der Waals surface area contributed by atoms with Crippen molar-refractivity contribution in [3.8, 4) is 0 Å². The molecule has 25 heavy (non-hydrogen) atoms. The van der Waals surface area contributed by atoms with Crippen LogP contribution in [-0.2, 0) is 17.7 Å². The van der Waals surface area contributed by atoms with Gasteiger partial charge in [-0.2, -0.15) is 0 Å². The number of methoxy groups -OCH3 is 1. The summed E-state index contributed by atoms with van der Waals surface area (Å²) in [7, 11) is 3.90. The quantitative estimate of drug-likeness (QED) is 0.389. The van der Waals surface area contributed by atoms with Crippen LogP contribution in [0.25, 0.3) is 0 Å². The van der Waals surface area contributed by atoms with E-state index in [1.807, 2.05) is 0 Å². The Hall–Kier alpha value is -1.02. The van der Waals surface area contributed by atoms with E-state index in [9.17, 15) is 0 Å². The van der Waals surface area contributed by atoms with E-state index in [4.69, 9.17) is 9.73 Å². The van der Waals surface area contributed by atoms with Crippen LogP contribution in [-0.4, -0.2) is 45.4 Å². The maximum atomic E-state index is 5.45. The van der Waals surface area contributed by atoms with E-state index in [1.165, 1.54) is 23.2 Å². The number of halogens is 1. The summed E-state index contributed by atoms with van der Waals surface area (Å²) in [6, 6.07) is 6.72. The minimum absolute atomic E-state index is 0. The first-order valence-electron chi connectivity index (χ1n) is 8.85. The molecule has 1 heterocycles. The summed E-state index contributed by atoms with van der Waals surface area (Å²) < 4.78 is 5.45. The van der Waals surface area contributed by atoms with Crippen molar-refractivity contribution in [3.05, 3.63) is 29.3 Å². The van der Waals surface area contributed by atoms with Crippen LogP contribution in [0.2, 0.25) is 0 Å². The fourth-order valence-electron chi connectivity index (χ4n) is 2.82. The Morgan fingerprint density at radius 1 is 1.32 bits per heavy atom. The molecule has 0 saturated heterocycles. The number of nitrogens with zero attached hydrogens (tertiary/aromatic N) is 2. The van der Waals surface area contributed by atoms with Crippen molar-refractivity contribution < 1.29 is 4.74 Å². The molecule has 0 aromatic heterocycles. The highest BCUT2D eigenvalue weighted by Gasteiger charge is 2.17. The fourth-order valence-corrected chi connectivity index (χ4v) is 2.82. The van der Waals surface area contributed by atoms with Crippen LogP contribution in [0.5, 0.6) is 0 Å². The molecule has 2 rings (SSSR count). The predicted molar refractivity (Wildman–Crippen MR) is 117 cm³/mol. The van der Waals surface area contributed by atoms with Gasteiger partial charge in [0.1, 0.15) is 0 Å². The molecule has 0 radical (unpaired) electrons. The van der Waals surface area contributed by atoms with Crippen LogP contribution in [0.4, 0.5) is 5.69 Å². The summed E-state index contributed by atoms with van der Waals surface area (Å²) in [4.78, 5) is 7.05. The molecule has 1 aliphatic rings. The molecule has 6 heteroatoms. The predicted octanol–water partition coefficient (Wildman–Crippen LogP) is 3.17. The summed E-state index contributed by atoms with van der Waals surface area (Å²) in [5.74, 6) is 0.831. The standard InChI is InChI=1S/C19H32N4O.HI/c1-6-20-18(22-14-19(2,3)24-5)21-13-15-9-10-17-16(12-15)8-7-11-23(17)4;/h9-10,12H,6-8,11,13-14H2,1-5H3,(H2,20,21,22);1H.